The Morgan fingerprint density at radius 3 is 2.32 bits per heavy atom. The maximum Gasteiger partial charge on any atom is 0.332 e. The SMILES string of the molecule is COc1nc2c(c(=O)n(C)c(=O)n2C)n1CCCC(=O)Nc1ccc(C(C)(C)C)cc1. The van der Waals surface area contributed by atoms with E-state index in [0.29, 0.717) is 13.0 Å². The Morgan fingerprint density at radius 1 is 1.10 bits per heavy atom. The van der Waals surface area contributed by atoms with Gasteiger partial charge < -0.3 is 10.1 Å². The third-order valence-corrected chi connectivity index (χ3v) is 5.32. The molecular formula is C22H29N5O4. The number of ether oxygens (including phenoxy) is 1. The normalized spacial score (nSPS) is 11.7. The van der Waals surface area contributed by atoms with Crippen molar-refractivity contribution < 1.29 is 9.53 Å². The largest absolute Gasteiger partial charge is 0.468 e. The van der Waals surface area contributed by atoms with E-state index in [2.05, 4.69) is 31.1 Å². The fourth-order valence-electron chi connectivity index (χ4n) is 3.46. The summed E-state index contributed by atoms with van der Waals surface area (Å²) >= 11 is 0. The summed E-state index contributed by atoms with van der Waals surface area (Å²) in [6, 6.07) is 8.05. The van der Waals surface area contributed by atoms with Crippen molar-refractivity contribution in [2.24, 2.45) is 14.1 Å². The van der Waals surface area contributed by atoms with Crippen LogP contribution in [0.25, 0.3) is 11.2 Å². The number of carbonyl (C=O) groups is 1. The molecule has 0 aliphatic rings. The molecule has 1 N–H and O–H groups in total. The zero-order valence-electron chi connectivity index (χ0n) is 18.9. The average molecular weight is 428 g/mol. The lowest BCUT2D eigenvalue weighted by molar-refractivity contribution is -0.116. The van der Waals surface area contributed by atoms with Crippen LogP contribution in [0.4, 0.5) is 5.69 Å². The summed E-state index contributed by atoms with van der Waals surface area (Å²) in [7, 11) is 4.43. The average Bonchev–Trinajstić information content (AvgIpc) is 3.09. The zero-order chi connectivity index (χ0) is 22.9. The Bertz CT molecular complexity index is 1230. The molecule has 166 valence electrons. The van der Waals surface area contributed by atoms with Crippen LogP contribution in [0.5, 0.6) is 6.01 Å². The predicted octanol–water partition coefficient (Wildman–Crippen LogP) is 2.16. The van der Waals surface area contributed by atoms with E-state index in [-0.39, 0.29) is 34.9 Å². The van der Waals surface area contributed by atoms with Crippen LogP contribution in [-0.4, -0.2) is 31.7 Å². The molecular weight excluding hydrogens is 398 g/mol. The molecule has 1 amide bonds. The second kappa shape index (κ2) is 8.41. The third-order valence-electron chi connectivity index (χ3n) is 5.32. The minimum Gasteiger partial charge on any atom is -0.468 e. The smallest absolute Gasteiger partial charge is 0.332 e. The van der Waals surface area contributed by atoms with Gasteiger partial charge in [-0.05, 0) is 29.5 Å². The number of fused-ring (bicyclic) bond motifs is 1. The minimum absolute atomic E-state index is 0.0513. The zero-order valence-corrected chi connectivity index (χ0v) is 18.9. The number of hydrogen-bond acceptors (Lipinski definition) is 5. The third kappa shape index (κ3) is 4.40. The molecule has 0 spiro atoms. The molecule has 9 heteroatoms. The van der Waals surface area contributed by atoms with Gasteiger partial charge in [-0.25, -0.2) is 4.79 Å². The molecule has 2 heterocycles. The monoisotopic (exact) mass is 427 g/mol. The van der Waals surface area contributed by atoms with Crippen molar-refractivity contribution in [1.29, 1.82) is 0 Å². The van der Waals surface area contributed by atoms with Gasteiger partial charge in [0.25, 0.3) is 11.6 Å². The molecule has 0 aliphatic carbocycles. The lowest BCUT2D eigenvalue weighted by Crippen LogP contribution is -2.37. The Morgan fingerprint density at radius 2 is 1.74 bits per heavy atom. The van der Waals surface area contributed by atoms with Crippen molar-refractivity contribution in [2.75, 3.05) is 12.4 Å². The summed E-state index contributed by atoms with van der Waals surface area (Å²) < 4.78 is 9.26. The number of imidazole rings is 1. The summed E-state index contributed by atoms with van der Waals surface area (Å²) in [4.78, 5) is 41.4. The molecule has 0 atom stereocenters. The highest BCUT2D eigenvalue weighted by Crippen LogP contribution is 2.23. The number of rotatable bonds is 6. The first-order chi connectivity index (χ1) is 14.5. The standard InChI is InChI=1S/C22H29N5O4/c1-22(2,3)14-9-11-15(12-10-14)23-16(28)8-7-13-27-17-18(24-20(27)31-6)25(4)21(30)26(5)19(17)29/h9-12H,7-8,13H2,1-6H3,(H,23,28). The number of nitrogens with one attached hydrogen (secondary N) is 1. The van der Waals surface area contributed by atoms with E-state index in [4.69, 9.17) is 4.74 Å². The van der Waals surface area contributed by atoms with Gasteiger partial charge in [-0.1, -0.05) is 32.9 Å². The van der Waals surface area contributed by atoms with E-state index in [0.717, 1.165) is 10.3 Å². The number of carbonyl (C=O) groups excluding carboxylic acids is 1. The minimum atomic E-state index is -0.457. The molecule has 0 saturated carbocycles. The molecule has 3 aromatic rings. The summed E-state index contributed by atoms with van der Waals surface area (Å²) in [5.74, 6) is -0.118. The van der Waals surface area contributed by atoms with Gasteiger partial charge in [-0.3, -0.25) is 23.3 Å². The Labute approximate surface area is 180 Å². The van der Waals surface area contributed by atoms with Crippen LogP contribution in [0.2, 0.25) is 0 Å². The van der Waals surface area contributed by atoms with Gasteiger partial charge in [0.15, 0.2) is 11.2 Å². The summed E-state index contributed by atoms with van der Waals surface area (Å²) in [5.41, 5.74) is 1.62. The molecule has 0 aliphatic heterocycles. The highest BCUT2D eigenvalue weighted by Gasteiger charge is 2.19. The number of hydrogen-bond donors (Lipinski definition) is 1. The van der Waals surface area contributed by atoms with Crippen molar-refractivity contribution >= 4 is 22.8 Å². The van der Waals surface area contributed by atoms with Gasteiger partial charge in [0.2, 0.25) is 5.91 Å². The topological polar surface area (TPSA) is 100 Å². The van der Waals surface area contributed by atoms with Gasteiger partial charge >= 0.3 is 5.69 Å². The van der Waals surface area contributed by atoms with E-state index >= 15 is 0 Å². The first-order valence-corrected chi connectivity index (χ1v) is 10.1. The van der Waals surface area contributed by atoms with E-state index in [1.54, 1.807) is 11.6 Å². The second-order valence-electron chi connectivity index (χ2n) is 8.61. The highest BCUT2D eigenvalue weighted by atomic mass is 16.5. The van der Waals surface area contributed by atoms with Crippen LogP contribution in [0.1, 0.15) is 39.2 Å². The molecule has 31 heavy (non-hydrogen) atoms. The number of benzene rings is 1. The van der Waals surface area contributed by atoms with E-state index < -0.39 is 11.2 Å². The number of nitrogens with zero attached hydrogens (tertiary/aromatic N) is 4. The van der Waals surface area contributed by atoms with Crippen molar-refractivity contribution in [3.8, 4) is 6.01 Å². The van der Waals surface area contributed by atoms with Crippen LogP contribution in [0, 0.1) is 0 Å². The molecule has 0 bridgehead atoms. The molecule has 9 nitrogen and oxygen atoms in total. The van der Waals surface area contributed by atoms with Gasteiger partial charge in [0.05, 0.1) is 7.11 Å². The fourth-order valence-corrected chi connectivity index (χ4v) is 3.46. The lowest BCUT2D eigenvalue weighted by Gasteiger charge is -2.19. The quantitative estimate of drug-likeness (QED) is 0.650. The van der Waals surface area contributed by atoms with Crippen LogP contribution >= 0.6 is 0 Å². The molecule has 1 aromatic carbocycles. The molecule has 0 fully saturated rings. The number of amides is 1. The number of anilines is 1. The van der Waals surface area contributed by atoms with E-state index in [1.807, 2.05) is 24.3 Å². The summed E-state index contributed by atoms with van der Waals surface area (Å²) in [6.07, 6.45) is 0.732. The van der Waals surface area contributed by atoms with Crippen molar-refractivity contribution in [1.82, 2.24) is 18.7 Å². The number of aromatic nitrogens is 4. The predicted molar refractivity (Wildman–Crippen MR) is 120 cm³/mol. The first kappa shape index (κ1) is 22.3. The molecule has 2 aromatic heterocycles. The number of methoxy groups -OCH3 is 1. The van der Waals surface area contributed by atoms with Gasteiger partial charge in [0.1, 0.15) is 0 Å². The van der Waals surface area contributed by atoms with Crippen LogP contribution in [0.15, 0.2) is 33.9 Å². The van der Waals surface area contributed by atoms with Crippen molar-refractivity contribution in [2.45, 2.75) is 45.6 Å². The molecule has 0 saturated heterocycles. The summed E-state index contributed by atoms with van der Waals surface area (Å²) in [5, 5.41) is 2.90. The Hall–Kier alpha value is -3.36. The Kier molecular flexibility index (Phi) is 6.06. The Balaban J connectivity index is 1.72. The van der Waals surface area contributed by atoms with Crippen LogP contribution in [0.3, 0.4) is 0 Å². The van der Waals surface area contributed by atoms with Gasteiger partial charge in [0, 0.05) is 32.7 Å². The molecule has 0 radical (unpaired) electrons. The maximum atomic E-state index is 12.6. The first-order valence-electron chi connectivity index (χ1n) is 10.1. The second-order valence-corrected chi connectivity index (χ2v) is 8.61. The fraction of sp³-hybridized carbons (Fsp3) is 0.455. The molecule has 3 rings (SSSR count). The van der Waals surface area contributed by atoms with Crippen LogP contribution in [-0.2, 0) is 30.8 Å². The van der Waals surface area contributed by atoms with Crippen LogP contribution < -0.4 is 21.3 Å². The lowest BCUT2D eigenvalue weighted by atomic mass is 9.87. The highest BCUT2D eigenvalue weighted by molar-refractivity contribution is 5.90. The van der Waals surface area contributed by atoms with E-state index in [1.165, 1.54) is 24.3 Å². The van der Waals surface area contributed by atoms with Crippen molar-refractivity contribution in [3.05, 3.63) is 50.7 Å². The van der Waals surface area contributed by atoms with Gasteiger partial charge in [-0.2, -0.15) is 4.98 Å². The van der Waals surface area contributed by atoms with Gasteiger partial charge in [-0.15, -0.1) is 0 Å². The number of aryl methyl sites for hydroxylation is 2. The van der Waals surface area contributed by atoms with Crippen molar-refractivity contribution in [3.63, 3.8) is 0 Å². The maximum absolute atomic E-state index is 12.6. The molecule has 0 unspecified atom stereocenters. The van der Waals surface area contributed by atoms with E-state index in [9.17, 15) is 14.4 Å². The summed E-state index contributed by atoms with van der Waals surface area (Å²) in [6.45, 7) is 6.77.